The van der Waals surface area contributed by atoms with Gasteiger partial charge in [-0.2, -0.15) is 0 Å². The molecule has 1 amide bonds. The summed E-state index contributed by atoms with van der Waals surface area (Å²) in [5.41, 5.74) is 0.755. The monoisotopic (exact) mass is 382 g/mol. The van der Waals surface area contributed by atoms with E-state index in [0.717, 1.165) is 37.5 Å². The van der Waals surface area contributed by atoms with Crippen LogP contribution >= 0.6 is 0 Å². The van der Waals surface area contributed by atoms with Crippen LogP contribution in [0.3, 0.4) is 0 Å². The lowest BCUT2D eigenvalue weighted by molar-refractivity contribution is -0.133. The van der Waals surface area contributed by atoms with Gasteiger partial charge in [-0.3, -0.25) is 23.5 Å². The maximum atomic E-state index is 12.6. The average Bonchev–Trinajstić information content (AvgIpc) is 3.10. The molecule has 1 saturated heterocycles. The van der Waals surface area contributed by atoms with Gasteiger partial charge in [-0.25, -0.2) is 0 Å². The first-order valence-electron chi connectivity index (χ1n) is 9.77. The van der Waals surface area contributed by atoms with Crippen molar-refractivity contribution in [1.29, 1.82) is 0 Å². The number of carbonyl (C=O) groups is 1. The Morgan fingerprint density at radius 2 is 1.82 bits per heavy atom. The van der Waals surface area contributed by atoms with E-state index in [9.17, 15) is 9.59 Å². The topological polar surface area (TPSA) is 75.7 Å². The van der Waals surface area contributed by atoms with Crippen molar-refractivity contribution in [2.45, 2.75) is 26.8 Å². The van der Waals surface area contributed by atoms with Crippen molar-refractivity contribution in [3.8, 4) is 0 Å². The summed E-state index contributed by atoms with van der Waals surface area (Å²) in [5.74, 6) is 1.98. The van der Waals surface area contributed by atoms with Crippen LogP contribution in [0.15, 0.2) is 29.1 Å². The van der Waals surface area contributed by atoms with E-state index in [0.29, 0.717) is 30.0 Å². The largest absolute Gasteiger partial charge is 0.340 e. The summed E-state index contributed by atoms with van der Waals surface area (Å²) < 4.78 is 3.51. The number of para-hydroxylation sites is 1. The van der Waals surface area contributed by atoms with Gasteiger partial charge in [0.05, 0.1) is 17.4 Å². The Balaban J connectivity index is 1.57. The van der Waals surface area contributed by atoms with E-state index in [-0.39, 0.29) is 11.5 Å². The lowest BCUT2D eigenvalue weighted by Gasteiger charge is -2.34. The second-order valence-corrected chi connectivity index (χ2v) is 7.89. The molecule has 0 unspecified atom stereocenters. The van der Waals surface area contributed by atoms with Crippen LogP contribution in [0.1, 0.15) is 26.1 Å². The Hall–Kier alpha value is -2.74. The first-order valence-corrected chi connectivity index (χ1v) is 9.77. The molecule has 0 radical (unpaired) electrons. The first kappa shape index (κ1) is 18.6. The Kier molecular flexibility index (Phi) is 4.89. The van der Waals surface area contributed by atoms with E-state index >= 15 is 0 Å². The predicted molar refractivity (Wildman–Crippen MR) is 107 cm³/mol. The van der Waals surface area contributed by atoms with Crippen molar-refractivity contribution in [2.75, 3.05) is 26.2 Å². The predicted octanol–water partition coefficient (Wildman–Crippen LogP) is 1.27. The summed E-state index contributed by atoms with van der Waals surface area (Å²) in [4.78, 5) is 29.1. The third kappa shape index (κ3) is 3.28. The minimum absolute atomic E-state index is 0.0701. The molecule has 1 fully saturated rings. The fourth-order valence-electron chi connectivity index (χ4n) is 3.83. The number of aromatic nitrogens is 4. The van der Waals surface area contributed by atoms with Crippen LogP contribution in [0.5, 0.6) is 0 Å². The molecule has 148 valence electrons. The molecule has 3 heterocycles. The number of carbonyl (C=O) groups excluding carboxylic acids is 1. The zero-order chi connectivity index (χ0) is 19.8. The number of piperazine rings is 1. The summed E-state index contributed by atoms with van der Waals surface area (Å²) in [5, 5.41) is 9.28. The second kappa shape index (κ2) is 7.35. The van der Waals surface area contributed by atoms with Gasteiger partial charge < -0.3 is 4.90 Å². The molecule has 1 aromatic carbocycles. The molecular weight excluding hydrogens is 356 g/mol. The lowest BCUT2D eigenvalue weighted by Crippen LogP contribution is -2.48. The number of aryl methyl sites for hydroxylation is 1. The number of hydrogen-bond acceptors (Lipinski definition) is 5. The van der Waals surface area contributed by atoms with Crippen LogP contribution in [-0.4, -0.2) is 61.1 Å². The van der Waals surface area contributed by atoms with Crippen LogP contribution in [0.25, 0.3) is 16.7 Å². The van der Waals surface area contributed by atoms with Gasteiger partial charge in [0.2, 0.25) is 11.7 Å². The highest BCUT2D eigenvalue weighted by Crippen LogP contribution is 2.16. The summed E-state index contributed by atoms with van der Waals surface area (Å²) in [6.45, 7) is 7.87. The molecule has 2 aromatic heterocycles. The highest BCUT2D eigenvalue weighted by atomic mass is 16.2. The van der Waals surface area contributed by atoms with E-state index in [2.05, 4.69) is 28.9 Å². The zero-order valence-corrected chi connectivity index (χ0v) is 16.6. The molecule has 1 aliphatic heterocycles. The molecular formula is C20H26N6O2. The van der Waals surface area contributed by atoms with Crippen molar-refractivity contribution >= 4 is 22.6 Å². The molecule has 0 spiro atoms. The quantitative estimate of drug-likeness (QED) is 0.679. The number of nitrogens with zero attached hydrogens (tertiary/aromatic N) is 6. The Morgan fingerprint density at radius 1 is 1.11 bits per heavy atom. The molecule has 8 heteroatoms. The van der Waals surface area contributed by atoms with Gasteiger partial charge >= 0.3 is 0 Å². The van der Waals surface area contributed by atoms with Crippen molar-refractivity contribution in [3.05, 3.63) is 40.4 Å². The highest BCUT2D eigenvalue weighted by Gasteiger charge is 2.23. The summed E-state index contributed by atoms with van der Waals surface area (Å²) >= 11 is 0. The number of fused-ring (bicyclic) bond motifs is 3. The normalized spacial score (nSPS) is 15.8. The van der Waals surface area contributed by atoms with Crippen LogP contribution in [-0.2, 0) is 18.4 Å². The molecule has 0 atom stereocenters. The Bertz CT molecular complexity index is 1080. The summed E-state index contributed by atoms with van der Waals surface area (Å²) in [6, 6.07) is 7.55. The van der Waals surface area contributed by atoms with Gasteiger partial charge in [0.1, 0.15) is 0 Å². The molecule has 28 heavy (non-hydrogen) atoms. The van der Waals surface area contributed by atoms with Crippen molar-refractivity contribution in [3.63, 3.8) is 0 Å². The smallest absolute Gasteiger partial charge is 0.262 e. The van der Waals surface area contributed by atoms with Gasteiger partial charge in [-0.05, 0) is 18.1 Å². The minimum Gasteiger partial charge on any atom is -0.340 e. The molecule has 0 aliphatic carbocycles. The molecule has 0 bridgehead atoms. The van der Waals surface area contributed by atoms with E-state index in [4.69, 9.17) is 0 Å². The van der Waals surface area contributed by atoms with Gasteiger partial charge in [0, 0.05) is 39.6 Å². The third-order valence-corrected chi connectivity index (χ3v) is 5.37. The fourth-order valence-corrected chi connectivity index (χ4v) is 3.83. The number of hydrogen-bond donors (Lipinski definition) is 0. The van der Waals surface area contributed by atoms with Crippen LogP contribution in [0, 0.1) is 5.92 Å². The van der Waals surface area contributed by atoms with E-state index in [1.54, 1.807) is 11.6 Å². The number of amides is 1. The van der Waals surface area contributed by atoms with E-state index in [1.165, 1.54) is 0 Å². The maximum Gasteiger partial charge on any atom is 0.262 e. The summed E-state index contributed by atoms with van der Waals surface area (Å²) in [6.07, 6.45) is 0.606. The first-order chi connectivity index (χ1) is 13.5. The fraction of sp³-hybridized carbons (Fsp3) is 0.500. The van der Waals surface area contributed by atoms with Crippen LogP contribution in [0.2, 0.25) is 0 Å². The SMILES string of the molecule is CC(C)CC(=O)N1CCN(Cc2nnc3n(C)c(=O)c4ccccc4n23)CC1. The van der Waals surface area contributed by atoms with Gasteiger partial charge in [-0.1, -0.05) is 26.0 Å². The number of benzene rings is 1. The van der Waals surface area contributed by atoms with Gasteiger partial charge in [-0.15, -0.1) is 10.2 Å². The van der Waals surface area contributed by atoms with Crippen molar-refractivity contribution < 1.29 is 4.79 Å². The lowest BCUT2D eigenvalue weighted by atomic mass is 10.1. The van der Waals surface area contributed by atoms with Crippen LogP contribution in [0.4, 0.5) is 0 Å². The van der Waals surface area contributed by atoms with Crippen molar-refractivity contribution in [1.82, 2.24) is 29.0 Å². The van der Waals surface area contributed by atoms with Crippen LogP contribution < -0.4 is 5.56 Å². The third-order valence-electron chi connectivity index (χ3n) is 5.37. The molecule has 0 saturated carbocycles. The van der Waals surface area contributed by atoms with Gasteiger partial charge in [0.25, 0.3) is 5.56 Å². The molecule has 3 aromatic rings. The molecule has 4 rings (SSSR count). The summed E-state index contributed by atoms with van der Waals surface area (Å²) in [7, 11) is 1.72. The standard InChI is InChI=1S/C20H26N6O2/c1-14(2)12-18(27)25-10-8-24(9-11-25)13-17-21-22-20-23(3)19(28)15-6-4-5-7-16(15)26(17)20/h4-7,14H,8-13H2,1-3H3. The van der Waals surface area contributed by atoms with Crippen molar-refractivity contribution in [2.24, 2.45) is 13.0 Å². The Labute approximate surface area is 163 Å². The second-order valence-electron chi connectivity index (χ2n) is 7.89. The van der Waals surface area contributed by atoms with Gasteiger partial charge in [0.15, 0.2) is 5.82 Å². The average molecular weight is 382 g/mol. The zero-order valence-electron chi connectivity index (χ0n) is 16.6. The number of rotatable bonds is 4. The van der Waals surface area contributed by atoms with E-state index < -0.39 is 0 Å². The van der Waals surface area contributed by atoms with E-state index in [1.807, 2.05) is 33.6 Å². The highest BCUT2D eigenvalue weighted by molar-refractivity contribution is 5.80. The minimum atomic E-state index is -0.0701. The Morgan fingerprint density at radius 3 is 2.54 bits per heavy atom. The maximum absolute atomic E-state index is 12.6. The molecule has 8 nitrogen and oxygen atoms in total. The molecule has 0 N–H and O–H groups in total. The molecule has 1 aliphatic rings.